The maximum absolute atomic E-state index is 14.5. The van der Waals surface area contributed by atoms with E-state index in [0.717, 1.165) is 33.8 Å². The van der Waals surface area contributed by atoms with Crippen LogP contribution in [-0.4, -0.2) is 51.4 Å². The Morgan fingerprint density at radius 1 is 0.844 bits per heavy atom. The number of amides is 2. The molecule has 0 aliphatic rings. The molecule has 4 aromatic carbocycles. The number of benzene rings is 4. The van der Waals surface area contributed by atoms with Gasteiger partial charge in [-0.15, -0.1) is 0 Å². The molecule has 0 aliphatic carbocycles. The minimum atomic E-state index is -4.14. The third-order valence-corrected chi connectivity index (χ3v) is 9.28. The van der Waals surface area contributed by atoms with Crippen LogP contribution in [0.2, 0.25) is 0 Å². The first kappa shape index (κ1) is 33.3. The van der Waals surface area contributed by atoms with Crippen LogP contribution in [0.4, 0.5) is 5.69 Å². The molecule has 0 saturated carbocycles. The van der Waals surface area contributed by atoms with Gasteiger partial charge in [0.05, 0.1) is 17.7 Å². The fourth-order valence-electron chi connectivity index (χ4n) is 5.06. The molecule has 9 heteroatoms. The Morgan fingerprint density at radius 2 is 1.51 bits per heavy atom. The summed E-state index contributed by atoms with van der Waals surface area (Å²) in [5.74, 6) is -0.193. The molecule has 0 spiro atoms. The van der Waals surface area contributed by atoms with E-state index in [1.165, 1.54) is 17.0 Å². The van der Waals surface area contributed by atoms with Gasteiger partial charge in [0.2, 0.25) is 11.8 Å². The molecule has 45 heavy (non-hydrogen) atoms. The summed E-state index contributed by atoms with van der Waals surface area (Å²) < 4.78 is 34.7. The SMILES string of the molecule is CCCCNC(=O)[C@@H](Cc1ccccc1)N(Cc1cccc(OC)c1)C(=O)CN(c1cccc(C)c1)S(=O)(=O)c1ccccc1. The Hall–Kier alpha value is -4.63. The molecular formula is C36H41N3O5S. The molecule has 0 aliphatic heterocycles. The number of nitrogens with zero attached hydrogens (tertiary/aromatic N) is 2. The van der Waals surface area contributed by atoms with E-state index in [1.807, 2.05) is 68.4 Å². The Bertz CT molecular complexity index is 1660. The zero-order chi connectivity index (χ0) is 32.2. The number of carbonyl (C=O) groups excluding carboxylic acids is 2. The lowest BCUT2D eigenvalue weighted by Gasteiger charge is -2.34. The van der Waals surface area contributed by atoms with E-state index >= 15 is 0 Å². The normalized spacial score (nSPS) is 11.8. The smallest absolute Gasteiger partial charge is 0.264 e. The van der Waals surface area contributed by atoms with E-state index in [4.69, 9.17) is 4.74 Å². The van der Waals surface area contributed by atoms with Gasteiger partial charge in [0.25, 0.3) is 10.0 Å². The molecule has 1 atom stereocenters. The number of rotatable bonds is 15. The summed E-state index contributed by atoms with van der Waals surface area (Å²) in [5, 5.41) is 3.01. The number of hydrogen-bond donors (Lipinski definition) is 1. The summed E-state index contributed by atoms with van der Waals surface area (Å²) in [6, 6.07) is 31.0. The number of nitrogens with one attached hydrogen (secondary N) is 1. The van der Waals surface area contributed by atoms with Crippen molar-refractivity contribution in [3.8, 4) is 5.75 Å². The van der Waals surface area contributed by atoms with Gasteiger partial charge < -0.3 is 15.0 Å². The number of carbonyl (C=O) groups is 2. The second kappa shape index (κ2) is 15.9. The van der Waals surface area contributed by atoms with Crippen LogP contribution in [-0.2, 0) is 32.6 Å². The molecule has 4 rings (SSSR count). The lowest BCUT2D eigenvalue weighted by Crippen LogP contribution is -2.53. The van der Waals surface area contributed by atoms with Gasteiger partial charge in [-0.05, 0) is 66.4 Å². The second-order valence-electron chi connectivity index (χ2n) is 10.9. The third-order valence-electron chi connectivity index (χ3n) is 7.49. The number of hydrogen-bond acceptors (Lipinski definition) is 5. The molecule has 0 saturated heterocycles. The van der Waals surface area contributed by atoms with Gasteiger partial charge >= 0.3 is 0 Å². The van der Waals surface area contributed by atoms with Crippen LogP contribution in [0.15, 0.2) is 114 Å². The van der Waals surface area contributed by atoms with Crippen molar-refractivity contribution in [3.63, 3.8) is 0 Å². The summed E-state index contributed by atoms with van der Waals surface area (Å²) in [6.07, 6.45) is 1.95. The number of aryl methyl sites for hydroxylation is 1. The van der Waals surface area contributed by atoms with Crippen LogP contribution in [0.25, 0.3) is 0 Å². The molecule has 0 fully saturated rings. The van der Waals surface area contributed by atoms with Crippen molar-refractivity contribution in [3.05, 3.63) is 126 Å². The maximum Gasteiger partial charge on any atom is 0.264 e. The van der Waals surface area contributed by atoms with E-state index in [2.05, 4.69) is 5.32 Å². The molecule has 0 aromatic heterocycles. The average molecular weight is 628 g/mol. The molecular weight excluding hydrogens is 586 g/mol. The van der Waals surface area contributed by atoms with Crippen LogP contribution >= 0.6 is 0 Å². The largest absolute Gasteiger partial charge is 0.497 e. The lowest BCUT2D eigenvalue weighted by molar-refractivity contribution is -0.140. The maximum atomic E-state index is 14.5. The Kier molecular flexibility index (Phi) is 11.8. The molecule has 0 radical (unpaired) electrons. The molecule has 0 heterocycles. The van der Waals surface area contributed by atoms with E-state index in [1.54, 1.807) is 49.6 Å². The van der Waals surface area contributed by atoms with Gasteiger partial charge in [-0.1, -0.05) is 86.1 Å². The van der Waals surface area contributed by atoms with Gasteiger partial charge in [0, 0.05) is 19.5 Å². The number of methoxy groups -OCH3 is 1. The summed E-state index contributed by atoms with van der Waals surface area (Å²) >= 11 is 0. The molecule has 0 unspecified atom stereocenters. The van der Waals surface area contributed by atoms with Crippen molar-refractivity contribution in [2.24, 2.45) is 0 Å². The van der Waals surface area contributed by atoms with E-state index in [9.17, 15) is 18.0 Å². The Balaban J connectivity index is 1.79. The molecule has 236 valence electrons. The molecule has 8 nitrogen and oxygen atoms in total. The minimum Gasteiger partial charge on any atom is -0.497 e. The van der Waals surface area contributed by atoms with Crippen LogP contribution in [0, 0.1) is 6.92 Å². The van der Waals surface area contributed by atoms with Gasteiger partial charge in [-0.3, -0.25) is 13.9 Å². The van der Waals surface area contributed by atoms with Crippen LogP contribution in [0.1, 0.15) is 36.5 Å². The monoisotopic (exact) mass is 627 g/mol. The summed E-state index contributed by atoms with van der Waals surface area (Å²) in [7, 11) is -2.58. The highest BCUT2D eigenvalue weighted by Gasteiger charge is 2.34. The van der Waals surface area contributed by atoms with Crippen molar-refractivity contribution < 1.29 is 22.7 Å². The molecule has 0 bridgehead atoms. The summed E-state index contributed by atoms with van der Waals surface area (Å²) in [4.78, 5) is 29.9. The Labute approximate surface area is 266 Å². The highest BCUT2D eigenvalue weighted by Crippen LogP contribution is 2.26. The third kappa shape index (κ3) is 8.95. The predicted molar refractivity (Wildman–Crippen MR) is 178 cm³/mol. The summed E-state index contributed by atoms with van der Waals surface area (Å²) in [5.41, 5.74) is 2.83. The minimum absolute atomic E-state index is 0.0665. The first-order valence-corrected chi connectivity index (χ1v) is 16.6. The van der Waals surface area contributed by atoms with E-state index < -0.39 is 28.5 Å². The highest BCUT2D eigenvalue weighted by molar-refractivity contribution is 7.92. The second-order valence-corrected chi connectivity index (χ2v) is 12.7. The zero-order valence-corrected chi connectivity index (χ0v) is 26.9. The molecule has 2 amide bonds. The number of anilines is 1. The van der Waals surface area contributed by atoms with Crippen molar-refractivity contribution >= 4 is 27.5 Å². The fraction of sp³-hybridized carbons (Fsp3) is 0.278. The predicted octanol–water partition coefficient (Wildman–Crippen LogP) is 5.76. The lowest BCUT2D eigenvalue weighted by atomic mass is 10.0. The number of sulfonamides is 1. The van der Waals surface area contributed by atoms with Crippen LogP contribution < -0.4 is 14.4 Å². The molecule has 4 aromatic rings. The zero-order valence-electron chi connectivity index (χ0n) is 26.1. The molecule has 1 N–H and O–H groups in total. The standard InChI is InChI=1S/C36H41N3O5S/c1-4-5-22-37-36(41)34(25-29-15-8-6-9-16-29)38(26-30-17-13-19-32(24-30)44-3)35(40)27-39(31-18-12-14-28(2)23-31)45(42,43)33-20-10-7-11-21-33/h6-21,23-24,34H,4-5,22,25-27H2,1-3H3,(H,37,41)/t34-/m1/s1. The van der Waals surface area contributed by atoms with Crippen molar-refractivity contribution in [1.82, 2.24) is 10.2 Å². The van der Waals surface area contributed by atoms with Crippen molar-refractivity contribution in [2.45, 2.75) is 50.6 Å². The van der Waals surface area contributed by atoms with Gasteiger partial charge in [0.15, 0.2) is 0 Å². The van der Waals surface area contributed by atoms with E-state index in [-0.39, 0.29) is 23.8 Å². The fourth-order valence-corrected chi connectivity index (χ4v) is 6.49. The van der Waals surface area contributed by atoms with Crippen molar-refractivity contribution in [1.29, 1.82) is 0 Å². The Morgan fingerprint density at radius 3 is 2.18 bits per heavy atom. The summed E-state index contributed by atoms with van der Waals surface area (Å²) in [6.45, 7) is 3.95. The van der Waals surface area contributed by atoms with Crippen molar-refractivity contribution in [2.75, 3.05) is 24.5 Å². The van der Waals surface area contributed by atoms with Gasteiger partial charge in [-0.25, -0.2) is 8.42 Å². The van der Waals surface area contributed by atoms with Gasteiger partial charge in [-0.2, -0.15) is 0 Å². The first-order valence-electron chi connectivity index (χ1n) is 15.1. The quantitative estimate of drug-likeness (QED) is 0.169. The number of ether oxygens (including phenoxy) is 1. The van der Waals surface area contributed by atoms with Crippen LogP contribution in [0.3, 0.4) is 0 Å². The van der Waals surface area contributed by atoms with Crippen LogP contribution in [0.5, 0.6) is 5.75 Å². The highest BCUT2D eigenvalue weighted by atomic mass is 32.2. The first-order chi connectivity index (χ1) is 21.7. The van der Waals surface area contributed by atoms with E-state index in [0.29, 0.717) is 18.0 Å². The topological polar surface area (TPSA) is 96.0 Å². The number of unbranched alkanes of at least 4 members (excludes halogenated alkanes) is 1. The average Bonchev–Trinajstić information content (AvgIpc) is 3.06. The van der Waals surface area contributed by atoms with Gasteiger partial charge in [0.1, 0.15) is 18.3 Å².